The van der Waals surface area contributed by atoms with E-state index in [0.29, 0.717) is 6.20 Å². The third kappa shape index (κ3) is 5.44. The minimum Gasteiger partial charge on any atom is -0.473 e. The highest BCUT2D eigenvalue weighted by Crippen LogP contribution is 2.31. The van der Waals surface area contributed by atoms with Gasteiger partial charge < -0.3 is 14.1 Å². The van der Waals surface area contributed by atoms with E-state index in [1.54, 1.807) is 20.8 Å². The number of hydrogen-bond acceptors (Lipinski definition) is 6. The van der Waals surface area contributed by atoms with Crippen LogP contribution in [0.2, 0.25) is 0 Å². The summed E-state index contributed by atoms with van der Waals surface area (Å²) in [6, 6.07) is 3.12. The second-order valence-electron chi connectivity index (χ2n) is 7.08. The van der Waals surface area contributed by atoms with Gasteiger partial charge >= 0.3 is 6.18 Å². The number of carbonyl (C=O) groups excluding carboxylic acids is 1. The molecule has 7 nitrogen and oxygen atoms in total. The lowest BCUT2D eigenvalue weighted by Crippen LogP contribution is -2.42. The number of aromatic nitrogens is 3. The first-order valence-electron chi connectivity index (χ1n) is 9.77. The van der Waals surface area contributed by atoms with Crippen LogP contribution in [0.25, 0.3) is 11.5 Å². The van der Waals surface area contributed by atoms with Gasteiger partial charge in [-0.15, -0.1) is 10.2 Å². The number of ether oxygens (including phenoxy) is 1. The van der Waals surface area contributed by atoms with Gasteiger partial charge in [0.05, 0.1) is 22.7 Å². The molecule has 0 spiro atoms. The third-order valence-corrected chi connectivity index (χ3v) is 4.70. The van der Waals surface area contributed by atoms with Crippen LogP contribution in [-0.4, -0.2) is 45.2 Å². The van der Waals surface area contributed by atoms with E-state index in [1.807, 2.05) is 0 Å². The molecule has 0 N–H and O–H groups in total. The van der Waals surface area contributed by atoms with Crippen molar-refractivity contribution in [3.8, 4) is 17.3 Å². The van der Waals surface area contributed by atoms with E-state index >= 15 is 0 Å². The zero-order valence-electron chi connectivity index (χ0n) is 17.8. The summed E-state index contributed by atoms with van der Waals surface area (Å²) in [7, 11) is 0. The smallest absolute Gasteiger partial charge is 0.417 e. The van der Waals surface area contributed by atoms with E-state index in [9.17, 15) is 26.7 Å². The maximum atomic E-state index is 14.0. The van der Waals surface area contributed by atoms with Crippen molar-refractivity contribution in [1.82, 2.24) is 20.1 Å². The SMILES string of the molecule is CCN(C(=O)c1ccc(F)cc1-c1nnc(C)o1)[C@@H](C)COc1ncc(C(F)(F)F)cc1F. The van der Waals surface area contributed by atoms with Crippen molar-refractivity contribution in [3.05, 3.63) is 59.1 Å². The van der Waals surface area contributed by atoms with E-state index < -0.39 is 41.2 Å². The quantitative estimate of drug-likeness (QED) is 0.467. The molecule has 33 heavy (non-hydrogen) atoms. The number of nitrogens with zero attached hydrogens (tertiary/aromatic N) is 4. The molecular weight excluding hydrogens is 451 g/mol. The van der Waals surface area contributed by atoms with E-state index in [1.165, 1.54) is 11.0 Å². The van der Waals surface area contributed by atoms with Crippen LogP contribution in [-0.2, 0) is 6.18 Å². The summed E-state index contributed by atoms with van der Waals surface area (Å²) in [5.41, 5.74) is -1.05. The molecule has 0 bridgehead atoms. The largest absolute Gasteiger partial charge is 0.473 e. The number of rotatable bonds is 7. The number of aryl methyl sites for hydroxylation is 1. The number of benzene rings is 1. The fourth-order valence-electron chi connectivity index (χ4n) is 3.07. The summed E-state index contributed by atoms with van der Waals surface area (Å²) in [5, 5.41) is 7.52. The molecule has 0 radical (unpaired) electrons. The third-order valence-electron chi connectivity index (χ3n) is 4.70. The maximum Gasteiger partial charge on any atom is 0.417 e. The first kappa shape index (κ1) is 24.1. The first-order chi connectivity index (χ1) is 15.5. The molecule has 0 aliphatic rings. The lowest BCUT2D eigenvalue weighted by Gasteiger charge is -2.28. The summed E-state index contributed by atoms with van der Waals surface area (Å²) in [6.07, 6.45) is -4.28. The zero-order chi connectivity index (χ0) is 24.3. The zero-order valence-corrected chi connectivity index (χ0v) is 17.8. The Kier molecular flexibility index (Phi) is 6.94. The molecule has 3 aromatic rings. The maximum absolute atomic E-state index is 14.0. The summed E-state index contributed by atoms with van der Waals surface area (Å²) < 4.78 is 76.4. The normalized spacial score (nSPS) is 12.5. The topological polar surface area (TPSA) is 81.4 Å². The van der Waals surface area contributed by atoms with Crippen LogP contribution in [0, 0.1) is 18.6 Å². The Labute approximate surface area is 185 Å². The van der Waals surface area contributed by atoms with Crippen molar-refractivity contribution in [2.75, 3.05) is 13.2 Å². The van der Waals surface area contributed by atoms with Gasteiger partial charge in [-0.2, -0.15) is 13.2 Å². The number of alkyl halides is 3. The van der Waals surface area contributed by atoms with Crippen LogP contribution in [0.5, 0.6) is 5.88 Å². The van der Waals surface area contributed by atoms with Gasteiger partial charge in [0.2, 0.25) is 17.7 Å². The first-order valence-corrected chi connectivity index (χ1v) is 9.77. The van der Waals surface area contributed by atoms with E-state index in [2.05, 4.69) is 15.2 Å². The molecule has 0 unspecified atom stereocenters. The Morgan fingerprint density at radius 3 is 2.52 bits per heavy atom. The Morgan fingerprint density at radius 2 is 1.94 bits per heavy atom. The van der Waals surface area contributed by atoms with Gasteiger partial charge in [0.1, 0.15) is 12.4 Å². The minimum absolute atomic E-state index is 0.0358. The fourth-order valence-corrected chi connectivity index (χ4v) is 3.07. The highest BCUT2D eigenvalue weighted by atomic mass is 19.4. The Bertz CT molecular complexity index is 1150. The van der Waals surface area contributed by atoms with Crippen molar-refractivity contribution in [2.45, 2.75) is 33.0 Å². The molecule has 3 rings (SSSR count). The van der Waals surface area contributed by atoms with Gasteiger partial charge in [-0.3, -0.25) is 4.79 Å². The Balaban J connectivity index is 1.79. The number of halogens is 5. The predicted molar refractivity (Wildman–Crippen MR) is 105 cm³/mol. The van der Waals surface area contributed by atoms with Crippen molar-refractivity contribution in [1.29, 1.82) is 0 Å². The molecule has 2 aromatic heterocycles. The van der Waals surface area contributed by atoms with Crippen LogP contribution in [0.3, 0.4) is 0 Å². The summed E-state index contributed by atoms with van der Waals surface area (Å²) >= 11 is 0. The monoisotopic (exact) mass is 470 g/mol. The lowest BCUT2D eigenvalue weighted by molar-refractivity contribution is -0.138. The molecule has 176 valence electrons. The van der Waals surface area contributed by atoms with E-state index in [-0.39, 0.29) is 42.1 Å². The van der Waals surface area contributed by atoms with Crippen molar-refractivity contribution >= 4 is 5.91 Å². The highest BCUT2D eigenvalue weighted by Gasteiger charge is 2.32. The number of carbonyl (C=O) groups is 1. The average molecular weight is 470 g/mol. The van der Waals surface area contributed by atoms with Crippen LogP contribution in [0.15, 0.2) is 34.9 Å². The standard InChI is InChI=1S/C21H19F5N4O3/c1-4-30(11(2)10-32-19-17(23)7-13(9-27-19)21(24,25)26)20(31)15-6-5-14(22)8-16(15)18-29-28-12(3)33-18/h5-9,11H,4,10H2,1-3H3/t11-/m0/s1. The molecule has 1 amide bonds. The molecule has 0 saturated carbocycles. The van der Waals surface area contributed by atoms with Crippen molar-refractivity contribution < 1.29 is 35.9 Å². The summed E-state index contributed by atoms with van der Waals surface area (Å²) in [5.74, 6) is -2.83. The molecule has 0 saturated heterocycles. The van der Waals surface area contributed by atoms with Gasteiger partial charge in [-0.25, -0.2) is 13.8 Å². The second-order valence-corrected chi connectivity index (χ2v) is 7.08. The molecule has 1 atom stereocenters. The van der Waals surface area contributed by atoms with Crippen LogP contribution in [0.1, 0.15) is 35.7 Å². The van der Waals surface area contributed by atoms with Crippen LogP contribution >= 0.6 is 0 Å². The van der Waals surface area contributed by atoms with Gasteiger partial charge in [0, 0.05) is 19.7 Å². The fraction of sp³-hybridized carbons (Fsp3) is 0.333. The summed E-state index contributed by atoms with van der Waals surface area (Å²) in [4.78, 5) is 18.0. The van der Waals surface area contributed by atoms with Gasteiger partial charge in [0.25, 0.3) is 5.91 Å². The van der Waals surface area contributed by atoms with E-state index in [4.69, 9.17) is 9.15 Å². The lowest BCUT2D eigenvalue weighted by atomic mass is 10.0. The molecule has 12 heteroatoms. The van der Waals surface area contributed by atoms with Gasteiger partial charge in [-0.1, -0.05) is 0 Å². The molecule has 0 fully saturated rings. The van der Waals surface area contributed by atoms with Gasteiger partial charge in [-0.05, 0) is 38.1 Å². The van der Waals surface area contributed by atoms with Gasteiger partial charge in [0.15, 0.2) is 5.82 Å². The molecular formula is C21H19F5N4O3. The van der Waals surface area contributed by atoms with Crippen LogP contribution in [0.4, 0.5) is 22.0 Å². The predicted octanol–water partition coefficient (Wildman–Crippen LogP) is 4.67. The number of hydrogen-bond donors (Lipinski definition) is 0. The number of likely N-dealkylation sites (N-methyl/N-ethyl adjacent to an activating group) is 1. The molecule has 0 aliphatic heterocycles. The summed E-state index contributed by atoms with van der Waals surface area (Å²) in [6.45, 7) is 4.77. The van der Waals surface area contributed by atoms with Crippen molar-refractivity contribution in [2.24, 2.45) is 0 Å². The highest BCUT2D eigenvalue weighted by molar-refractivity contribution is 6.00. The molecule has 2 heterocycles. The average Bonchev–Trinajstić information content (AvgIpc) is 3.18. The minimum atomic E-state index is -4.74. The molecule has 0 aliphatic carbocycles. The Hall–Kier alpha value is -3.57. The number of amides is 1. The molecule has 1 aromatic carbocycles. The number of pyridine rings is 1. The van der Waals surface area contributed by atoms with Crippen molar-refractivity contribution in [3.63, 3.8) is 0 Å². The Morgan fingerprint density at radius 1 is 1.21 bits per heavy atom. The van der Waals surface area contributed by atoms with Crippen LogP contribution < -0.4 is 4.74 Å². The second kappa shape index (κ2) is 9.51. The van der Waals surface area contributed by atoms with E-state index in [0.717, 1.165) is 12.1 Å².